The van der Waals surface area contributed by atoms with E-state index in [1.165, 1.54) is 26.2 Å². The largest absolute Gasteiger partial charge is 0.496 e. The summed E-state index contributed by atoms with van der Waals surface area (Å²) in [5, 5.41) is 1.73. The molecule has 1 unspecified atom stereocenters. The fraction of sp³-hybridized carbons (Fsp3) is 0.190. The minimum absolute atomic E-state index is 0.0881. The second kappa shape index (κ2) is 8.00. The van der Waals surface area contributed by atoms with Gasteiger partial charge in [-0.2, -0.15) is 4.72 Å². The number of aryl methyl sites for hydroxylation is 1. The zero-order valence-electron chi connectivity index (χ0n) is 15.8. The summed E-state index contributed by atoms with van der Waals surface area (Å²) in [5.74, 6) is 0.128. The maximum absolute atomic E-state index is 12.4. The number of nitrogens with one attached hydrogen (secondary N) is 1. The molecule has 28 heavy (non-hydrogen) atoms. The lowest BCUT2D eigenvalue weighted by atomic mass is 10.1. The van der Waals surface area contributed by atoms with Gasteiger partial charge in [0.25, 0.3) is 0 Å². The van der Waals surface area contributed by atoms with E-state index in [0.29, 0.717) is 5.75 Å². The summed E-state index contributed by atoms with van der Waals surface area (Å²) >= 11 is 0. The molecule has 1 N–H and O–H groups in total. The highest BCUT2D eigenvalue weighted by molar-refractivity contribution is 7.89. The molecule has 0 aromatic heterocycles. The van der Waals surface area contributed by atoms with Crippen LogP contribution in [0.2, 0.25) is 0 Å². The normalized spacial score (nSPS) is 12.5. The molecular weight excluding hydrogens is 378 g/mol. The molecule has 3 aromatic carbocycles. The van der Waals surface area contributed by atoms with E-state index in [2.05, 4.69) is 4.72 Å². The van der Waals surface area contributed by atoms with E-state index in [4.69, 9.17) is 9.47 Å². The van der Waals surface area contributed by atoms with Crippen molar-refractivity contribution in [3.63, 3.8) is 0 Å². The third-order valence-corrected chi connectivity index (χ3v) is 5.81. The summed E-state index contributed by atoms with van der Waals surface area (Å²) < 4.78 is 38.0. The summed E-state index contributed by atoms with van der Waals surface area (Å²) in [4.78, 5) is 12.5. The average Bonchev–Trinajstić information content (AvgIpc) is 2.67. The standard InChI is InChI=1S/C21H21NO5S/c1-14-8-10-18(11-9-14)28(24,25)22-15(2)21(23)27-17-12-16-6-4-5-7-19(16)20(13-17)26-3/h4-13,15,22H,1-3H3. The molecule has 1 atom stereocenters. The van der Waals surface area contributed by atoms with Crippen LogP contribution in [0.5, 0.6) is 11.5 Å². The van der Waals surface area contributed by atoms with Crippen molar-refractivity contribution in [2.45, 2.75) is 24.8 Å². The van der Waals surface area contributed by atoms with Crippen LogP contribution in [0.15, 0.2) is 65.6 Å². The van der Waals surface area contributed by atoms with Crippen LogP contribution < -0.4 is 14.2 Å². The Morgan fingerprint density at radius 3 is 2.39 bits per heavy atom. The maximum atomic E-state index is 12.4. The predicted molar refractivity (Wildman–Crippen MR) is 107 cm³/mol. The molecule has 0 saturated carbocycles. The van der Waals surface area contributed by atoms with Crippen molar-refractivity contribution < 1.29 is 22.7 Å². The average molecular weight is 399 g/mol. The fourth-order valence-electron chi connectivity index (χ4n) is 2.75. The van der Waals surface area contributed by atoms with Gasteiger partial charge in [0.15, 0.2) is 0 Å². The van der Waals surface area contributed by atoms with Crippen LogP contribution in [0.25, 0.3) is 10.8 Å². The van der Waals surface area contributed by atoms with E-state index in [1.807, 2.05) is 31.2 Å². The van der Waals surface area contributed by atoms with Crippen LogP contribution in [-0.4, -0.2) is 27.5 Å². The minimum Gasteiger partial charge on any atom is -0.496 e. The highest BCUT2D eigenvalue weighted by atomic mass is 32.2. The van der Waals surface area contributed by atoms with Crippen molar-refractivity contribution >= 4 is 26.8 Å². The Morgan fingerprint density at radius 1 is 1.04 bits per heavy atom. The molecule has 0 bridgehead atoms. The predicted octanol–water partition coefficient (Wildman–Crippen LogP) is 3.43. The van der Waals surface area contributed by atoms with Crippen LogP contribution in [0, 0.1) is 6.92 Å². The van der Waals surface area contributed by atoms with Gasteiger partial charge in [0.05, 0.1) is 12.0 Å². The van der Waals surface area contributed by atoms with E-state index in [0.717, 1.165) is 16.3 Å². The van der Waals surface area contributed by atoms with Gasteiger partial charge in [0, 0.05) is 11.5 Å². The quantitative estimate of drug-likeness (QED) is 0.507. The maximum Gasteiger partial charge on any atom is 0.329 e. The molecule has 3 rings (SSSR count). The van der Waals surface area contributed by atoms with E-state index in [1.54, 1.807) is 24.3 Å². The van der Waals surface area contributed by atoms with Crippen LogP contribution >= 0.6 is 0 Å². The number of esters is 1. The summed E-state index contributed by atoms with van der Waals surface area (Å²) in [7, 11) is -2.30. The third kappa shape index (κ3) is 4.32. The molecule has 0 aliphatic rings. The Morgan fingerprint density at radius 2 is 1.71 bits per heavy atom. The number of carbonyl (C=O) groups excluding carboxylic acids is 1. The summed E-state index contributed by atoms with van der Waals surface area (Å²) in [6.45, 7) is 3.30. The second-order valence-corrected chi connectivity index (χ2v) is 8.14. The first-order valence-electron chi connectivity index (χ1n) is 8.67. The number of hydrogen-bond donors (Lipinski definition) is 1. The van der Waals surface area contributed by atoms with Gasteiger partial charge in [-0.25, -0.2) is 13.2 Å². The van der Waals surface area contributed by atoms with E-state index < -0.39 is 22.0 Å². The monoisotopic (exact) mass is 399 g/mol. The molecule has 0 saturated heterocycles. The Labute approximate surface area is 164 Å². The van der Waals surface area contributed by atoms with Gasteiger partial charge in [-0.3, -0.25) is 0 Å². The van der Waals surface area contributed by atoms with Gasteiger partial charge >= 0.3 is 5.97 Å². The molecule has 0 aliphatic heterocycles. The van der Waals surface area contributed by atoms with Gasteiger partial charge < -0.3 is 9.47 Å². The van der Waals surface area contributed by atoms with Gasteiger partial charge in [0.1, 0.15) is 17.5 Å². The first kappa shape index (κ1) is 19.9. The molecule has 0 spiro atoms. The summed E-state index contributed by atoms with van der Waals surface area (Å²) in [5.41, 5.74) is 0.941. The molecule has 7 heteroatoms. The van der Waals surface area contributed by atoms with Crippen LogP contribution in [-0.2, 0) is 14.8 Å². The Bertz CT molecular complexity index is 1110. The molecule has 0 heterocycles. The number of fused-ring (bicyclic) bond motifs is 1. The molecule has 3 aromatic rings. The molecule has 0 amide bonds. The number of rotatable bonds is 6. The Hall–Kier alpha value is -2.90. The Balaban J connectivity index is 1.77. The number of carbonyl (C=O) groups is 1. The Kier molecular flexibility index (Phi) is 5.67. The van der Waals surface area contributed by atoms with Crippen molar-refractivity contribution in [2.75, 3.05) is 7.11 Å². The molecule has 0 aliphatic carbocycles. The highest BCUT2D eigenvalue weighted by Gasteiger charge is 2.24. The van der Waals surface area contributed by atoms with Gasteiger partial charge in [-0.1, -0.05) is 42.0 Å². The number of ether oxygens (including phenoxy) is 2. The second-order valence-electron chi connectivity index (χ2n) is 6.42. The lowest BCUT2D eigenvalue weighted by Gasteiger charge is -2.15. The first-order valence-corrected chi connectivity index (χ1v) is 10.2. The van der Waals surface area contributed by atoms with Gasteiger partial charge in [-0.05, 0) is 37.4 Å². The summed E-state index contributed by atoms with van der Waals surface area (Å²) in [6, 6.07) is 16.1. The number of sulfonamides is 1. The smallest absolute Gasteiger partial charge is 0.329 e. The van der Waals surface area contributed by atoms with Gasteiger partial charge in [-0.15, -0.1) is 0 Å². The molecule has 0 radical (unpaired) electrons. The number of methoxy groups -OCH3 is 1. The van der Waals surface area contributed by atoms with E-state index in [-0.39, 0.29) is 10.6 Å². The van der Waals surface area contributed by atoms with Crippen molar-refractivity contribution in [1.82, 2.24) is 4.72 Å². The number of hydrogen-bond acceptors (Lipinski definition) is 5. The number of benzene rings is 3. The van der Waals surface area contributed by atoms with Crippen molar-refractivity contribution in [1.29, 1.82) is 0 Å². The van der Waals surface area contributed by atoms with Crippen molar-refractivity contribution in [3.05, 3.63) is 66.2 Å². The molecule has 6 nitrogen and oxygen atoms in total. The van der Waals surface area contributed by atoms with E-state index in [9.17, 15) is 13.2 Å². The topological polar surface area (TPSA) is 81.7 Å². The van der Waals surface area contributed by atoms with Crippen LogP contribution in [0.3, 0.4) is 0 Å². The van der Waals surface area contributed by atoms with Crippen molar-refractivity contribution in [3.8, 4) is 11.5 Å². The first-order chi connectivity index (χ1) is 13.3. The molecule has 146 valence electrons. The van der Waals surface area contributed by atoms with Crippen LogP contribution in [0.4, 0.5) is 0 Å². The minimum atomic E-state index is -3.84. The SMILES string of the molecule is COc1cc(OC(=O)C(C)NS(=O)(=O)c2ccc(C)cc2)cc2ccccc12. The van der Waals surface area contributed by atoms with Gasteiger partial charge in [0.2, 0.25) is 10.0 Å². The lowest BCUT2D eigenvalue weighted by molar-refractivity contribution is -0.135. The third-order valence-electron chi connectivity index (χ3n) is 4.25. The fourth-order valence-corrected chi connectivity index (χ4v) is 3.94. The molecular formula is C21H21NO5S. The van der Waals surface area contributed by atoms with Crippen molar-refractivity contribution in [2.24, 2.45) is 0 Å². The zero-order valence-corrected chi connectivity index (χ0v) is 16.6. The van der Waals surface area contributed by atoms with Crippen LogP contribution in [0.1, 0.15) is 12.5 Å². The molecule has 0 fully saturated rings. The lowest BCUT2D eigenvalue weighted by Crippen LogP contribution is -2.40. The zero-order chi connectivity index (χ0) is 20.3. The van der Waals surface area contributed by atoms with E-state index >= 15 is 0 Å². The highest BCUT2D eigenvalue weighted by Crippen LogP contribution is 2.31. The summed E-state index contributed by atoms with van der Waals surface area (Å²) in [6.07, 6.45) is 0.